The highest BCUT2D eigenvalue weighted by molar-refractivity contribution is 7.17. The Hall–Kier alpha value is -2.65. The van der Waals surface area contributed by atoms with Gasteiger partial charge in [-0.15, -0.1) is 11.3 Å². The first-order chi connectivity index (χ1) is 15.6. The lowest BCUT2D eigenvalue weighted by atomic mass is 9.70. The molecule has 0 unspecified atom stereocenters. The van der Waals surface area contributed by atoms with Crippen molar-refractivity contribution < 1.29 is 14.3 Å². The summed E-state index contributed by atoms with van der Waals surface area (Å²) in [6.07, 6.45) is 8.11. The maximum atomic E-state index is 12.8. The van der Waals surface area contributed by atoms with Gasteiger partial charge in [-0.2, -0.15) is 5.26 Å². The smallest absolute Gasteiger partial charge is 0.341 e. The Morgan fingerprint density at radius 3 is 2.69 bits per heavy atom. The molecule has 6 heteroatoms. The molecule has 0 spiro atoms. The minimum Gasteiger partial charge on any atom is -0.462 e. The van der Waals surface area contributed by atoms with E-state index in [9.17, 15) is 14.9 Å². The zero-order valence-electron chi connectivity index (χ0n) is 18.6. The van der Waals surface area contributed by atoms with Gasteiger partial charge in [0.15, 0.2) is 0 Å². The summed E-state index contributed by atoms with van der Waals surface area (Å²) in [5.41, 5.74) is 1.80. The molecule has 1 heterocycles. The molecule has 0 bridgehead atoms. The molecule has 1 amide bonds. The van der Waals surface area contributed by atoms with E-state index in [-0.39, 0.29) is 18.5 Å². The third-order valence-electron chi connectivity index (χ3n) is 6.88. The second-order valence-electron chi connectivity index (χ2n) is 8.90. The lowest BCUT2D eigenvalue weighted by molar-refractivity contribution is -0.116. The molecule has 32 heavy (non-hydrogen) atoms. The van der Waals surface area contributed by atoms with Crippen molar-refractivity contribution in [2.45, 2.75) is 70.1 Å². The molecule has 0 aliphatic heterocycles. The topological polar surface area (TPSA) is 79.2 Å². The number of rotatable bonds is 7. The number of nitriles is 1. The average molecular weight is 451 g/mol. The molecular formula is C26H30N2O3S. The van der Waals surface area contributed by atoms with Crippen LogP contribution >= 0.6 is 11.3 Å². The highest BCUT2D eigenvalue weighted by atomic mass is 32.1. The highest BCUT2D eigenvalue weighted by Gasteiger charge is 2.40. The Bertz CT molecular complexity index is 1020. The quantitative estimate of drug-likeness (QED) is 0.542. The van der Waals surface area contributed by atoms with Gasteiger partial charge in [0, 0.05) is 17.7 Å². The Labute approximate surface area is 193 Å². The van der Waals surface area contributed by atoms with E-state index in [0.717, 1.165) is 22.4 Å². The number of amides is 1. The molecule has 1 atom stereocenters. The van der Waals surface area contributed by atoms with Gasteiger partial charge in [0.1, 0.15) is 5.00 Å². The molecule has 0 radical (unpaired) electrons. The van der Waals surface area contributed by atoms with Crippen LogP contribution in [0.2, 0.25) is 0 Å². The number of nitrogens with one attached hydrogen (secondary N) is 1. The first-order valence-corrected chi connectivity index (χ1v) is 12.5. The van der Waals surface area contributed by atoms with Crippen LogP contribution in [0.25, 0.3) is 0 Å². The summed E-state index contributed by atoms with van der Waals surface area (Å²) in [6, 6.07) is 12.4. The molecule has 1 fully saturated rings. The van der Waals surface area contributed by atoms with Crippen LogP contribution in [0, 0.1) is 17.2 Å². The van der Waals surface area contributed by atoms with Gasteiger partial charge in [0.05, 0.1) is 23.7 Å². The van der Waals surface area contributed by atoms with E-state index < -0.39 is 5.41 Å². The lowest BCUT2D eigenvalue weighted by Crippen LogP contribution is -2.31. The summed E-state index contributed by atoms with van der Waals surface area (Å²) in [5, 5.41) is 13.7. The van der Waals surface area contributed by atoms with Gasteiger partial charge < -0.3 is 10.1 Å². The third-order valence-corrected chi connectivity index (χ3v) is 8.03. The van der Waals surface area contributed by atoms with Crippen molar-refractivity contribution >= 4 is 28.2 Å². The highest BCUT2D eigenvalue weighted by Crippen LogP contribution is 2.45. The zero-order chi connectivity index (χ0) is 22.6. The van der Waals surface area contributed by atoms with E-state index in [1.807, 2.05) is 30.3 Å². The first kappa shape index (κ1) is 22.5. The number of fused-ring (bicyclic) bond motifs is 1. The van der Waals surface area contributed by atoms with Crippen LogP contribution < -0.4 is 5.32 Å². The molecule has 1 N–H and O–H groups in total. The van der Waals surface area contributed by atoms with Gasteiger partial charge in [-0.05, 0) is 43.2 Å². The van der Waals surface area contributed by atoms with Gasteiger partial charge in [-0.3, -0.25) is 4.79 Å². The van der Waals surface area contributed by atoms with Crippen LogP contribution in [0.3, 0.4) is 0 Å². The summed E-state index contributed by atoms with van der Waals surface area (Å²) in [5.74, 6) is 0.208. The van der Waals surface area contributed by atoms with Crippen molar-refractivity contribution in [3.8, 4) is 6.07 Å². The van der Waals surface area contributed by atoms with E-state index in [0.29, 0.717) is 42.2 Å². The Kier molecular flexibility index (Phi) is 6.95. The van der Waals surface area contributed by atoms with Crippen LogP contribution in [0.4, 0.5) is 5.00 Å². The number of esters is 1. The van der Waals surface area contributed by atoms with E-state index >= 15 is 0 Å². The van der Waals surface area contributed by atoms with Crippen molar-refractivity contribution in [3.63, 3.8) is 0 Å². The van der Waals surface area contributed by atoms with Crippen LogP contribution in [-0.4, -0.2) is 18.5 Å². The average Bonchev–Trinajstić information content (AvgIpc) is 3.45. The van der Waals surface area contributed by atoms with Crippen molar-refractivity contribution in [1.82, 2.24) is 0 Å². The van der Waals surface area contributed by atoms with E-state index in [1.54, 1.807) is 6.92 Å². The van der Waals surface area contributed by atoms with Crippen molar-refractivity contribution in [3.05, 3.63) is 51.9 Å². The van der Waals surface area contributed by atoms with Gasteiger partial charge in [0.25, 0.3) is 0 Å². The maximum absolute atomic E-state index is 12.8. The Morgan fingerprint density at radius 1 is 1.25 bits per heavy atom. The molecule has 2 aliphatic carbocycles. The number of carbonyl (C=O) groups is 2. The van der Waals surface area contributed by atoms with Crippen LogP contribution in [0.15, 0.2) is 30.3 Å². The largest absolute Gasteiger partial charge is 0.462 e. The zero-order valence-corrected chi connectivity index (χ0v) is 19.4. The summed E-state index contributed by atoms with van der Waals surface area (Å²) < 4.78 is 5.33. The molecule has 4 rings (SSSR count). The van der Waals surface area contributed by atoms with Crippen LogP contribution in [0.5, 0.6) is 0 Å². The summed E-state index contributed by atoms with van der Waals surface area (Å²) in [4.78, 5) is 26.5. The minimum atomic E-state index is -0.616. The van der Waals surface area contributed by atoms with Crippen LogP contribution in [-0.2, 0) is 27.8 Å². The maximum Gasteiger partial charge on any atom is 0.341 e. The molecule has 2 aromatic rings. The minimum absolute atomic E-state index is 0.0457. The second kappa shape index (κ2) is 9.87. The summed E-state index contributed by atoms with van der Waals surface area (Å²) in [7, 11) is 0. The van der Waals surface area contributed by atoms with Gasteiger partial charge >= 0.3 is 5.97 Å². The van der Waals surface area contributed by atoms with Crippen LogP contribution in [0.1, 0.15) is 78.2 Å². The molecule has 2 aliphatic rings. The molecule has 1 aromatic heterocycles. The van der Waals surface area contributed by atoms with Crippen molar-refractivity contribution in [2.75, 3.05) is 11.9 Å². The summed E-state index contributed by atoms with van der Waals surface area (Å²) in [6.45, 7) is 2.07. The number of nitrogens with zero attached hydrogens (tertiary/aromatic N) is 1. The number of thiophene rings is 1. The standard InChI is InChI=1S/C26H30N2O3S/c1-2-31-25(30)23-20-14-15-26(17-27,19-10-4-3-5-11-19)16-21(20)32-24(23)28-22(29)13-12-18-8-6-7-9-18/h3-5,10-11,18H,2,6-9,12-16H2,1H3,(H,28,29)/t26-/m0/s1. The molecule has 168 valence electrons. The van der Waals surface area contributed by atoms with E-state index in [4.69, 9.17) is 4.74 Å². The predicted molar refractivity (Wildman–Crippen MR) is 126 cm³/mol. The lowest BCUT2D eigenvalue weighted by Gasteiger charge is -2.31. The monoisotopic (exact) mass is 450 g/mol. The van der Waals surface area contributed by atoms with E-state index in [2.05, 4.69) is 11.4 Å². The number of benzene rings is 1. The SMILES string of the molecule is CCOC(=O)c1c(NC(=O)CCC2CCCC2)sc2c1CC[C@](C#N)(c1ccccc1)C2. The molecule has 1 aromatic carbocycles. The fourth-order valence-electron chi connectivity index (χ4n) is 5.11. The molecular weight excluding hydrogens is 420 g/mol. The third kappa shape index (κ3) is 4.59. The number of hydrogen-bond acceptors (Lipinski definition) is 5. The Balaban J connectivity index is 1.59. The van der Waals surface area contributed by atoms with Crippen molar-refractivity contribution in [1.29, 1.82) is 5.26 Å². The van der Waals surface area contributed by atoms with Gasteiger partial charge in [-0.1, -0.05) is 56.0 Å². The number of anilines is 1. The number of ether oxygens (including phenoxy) is 1. The van der Waals surface area contributed by atoms with Crippen molar-refractivity contribution in [2.24, 2.45) is 5.92 Å². The Morgan fingerprint density at radius 2 is 2.00 bits per heavy atom. The molecule has 5 nitrogen and oxygen atoms in total. The predicted octanol–water partition coefficient (Wildman–Crippen LogP) is 5.78. The fraction of sp³-hybridized carbons (Fsp3) is 0.500. The summed E-state index contributed by atoms with van der Waals surface area (Å²) >= 11 is 1.43. The fourth-order valence-corrected chi connectivity index (χ4v) is 6.48. The van der Waals surface area contributed by atoms with Gasteiger partial charge in [-0.25, -0.2) is 4.79 Å². The van der Waals surface area contributed by atoms with Gasteiger partial charge in [0.2, 0.25) is 5.91 Å². The normalized spacial score (nSPS) is 20.4. The van der Waals surface area contributed by atoms with E-state index in [1.165, 1.54) is 37.0 Å². The number of carbonyl (C=O) groups excluding carboxylic acids is 2. The second-order valence-corrected chi connectivity index (χ2v) is 10.0. The molecule has 0 saturated heterocycles. The molecule has 1 saturated carbocycles. The first-order valence-electron chi connectivity index (χ1n) is 11.6. The number of hydrogen-bond donors (Lipinski definition) is 1.